The summed E-state index contributed by atoms with van der Waals surface area (Å²) in [7, 11) is -3.36. The van der Waals surface area contributed by atoms with Crippen LogP contribution in [0.5, 0.6) is 0 Å². The highest BCUT2D eigenvalue weighted by Gasteiger charge is 2.25. The number of ether oxygens (including phenoxy) is 1. The summed E-state index contributed by atoms with van der Waals surface area (Å²) in [5, 5.41) is 2.68. The van der Waals surface area contributed by atoms with Crippen molar-refractivity contribution in [2.75, 3.05) is 29.0 Å². The van der Waals surface area contributed by atoms with Crippen molar-refractivity contribution < 1.29 is 22.7 Å². The monoisotopic (exact) mass is 416 g/mol. The number of benzene rings is 2. The lowest BCUT2D eigenvalue weighted by atomic mass is 10.0. The molecule has 0 spiro atoms. The second-order valence-corrected chi connectivity index (χ2v) is 8.86. The molecule has 1 amide bonds. The maximum Gasteiger partial charge on any atom is 0.338 e. The fraction of sp³-hybridized carbons (Fsp3) is 0.333. The van der Waals surface area contributed by atoms with Gasteiger partial charge in [-0.25, -0.2) is 13.2 Å². The zero-order valence-corrected chi connectivity index (χ0v) is 17.3. The number of aryl methyl sites for hydroxylation is 2. The molecule has 2 aromatic rings. The largest absolute Gasteiger partial charge is 0.452 e. The van der Waals surface area contributed by atoms with E-state index in [9.17, 15) is 18.0 Å². The van der Waals surface area contributed by atoms with E-state index in [0.29, 0.717) is 36.3 Å². The maximum absolute atomic E-state index is 12.3. The Morgan fingerprint density at radius 3 is 2.52 bits per heavy atom. The number of hydrogen-bond donors (Lipinski definition) is 1. The van der Waals surface area contributed by atoms with Crippen LogP contribution in [-0.4, -0.2) is 39.7 Å². The van der Waals surface area contributed by atoms with Crippen LogP contribution in [-0.2, 0) is 32.4 Å². The number of nitrogens with zero attached hydrogens (tertiary/aromatic N) is 1. The van der Waals surface area contributed by atoms with Gasteiger partial charge in [-0.2, -0.15) is 0 Å². The van der Waals surface area contributed by atoms with Crippen molar-refractivity contribution in [2.24, 2.45) is 0 Å². The van der Waals surface area contributed by atoms with Crippen molar-refractivity contribution in [2.45, 2.75) is 26.2 Å². The molecule has 0 saturated heterocycles. The molecule has 7 nitrogen and oxygen atoms in total. The van der Waals surface area contributed by atoms with E-state index in [1.807, 2.05) is 19.1 Å². The first-order valence-corrected chi connectivity index (χ1v) is 11.3. The third kappa shape index (κ3) is 5.14. The molecule has 0 saturated carbocycles. The Morgan fingerprint density at radius 1 is 1.14 bits per heavy atom. The summed E-state index contributed by atoms with van der Waals surface area (Å²) in [6.45, 7) is 2.07. The number of sulfonamides is 1. The molecule has 1 N–H and O–H groups in total. The number of carbonyl (C=O) groups excluding carboxylic acids is 2. The van der Waals surface area contributed by atoms with Crippen LogP contribution in [0, 0.1) is 0 Å². The fourth-order valence-corrected chi connectivity index (χ4v) is 4.27. The standard InChI is InChI=1S/C21H24N2O5S/c1-3-15-6-9-18(10-7-15)22-20(24)14-28-21(25)17-8-11-19-16(13-17)5-4-12-23(19)29(2,26)27/h6-11,13H,3-5,12,14H2,1-2H3,(H,22,24). The molecule has 8 heteroatoms. The number of hydrogen-bond acceptors (Lipinski definition) is 5. The minimum Gasteiger partial charge on any atom is -0.452 e. The normalized spacial score (nSPS) is 13.5. The number of rotatable bonds is 6. The second-order valence-electron chi connectivity index (χ2n) is 6.96. The predicted molar refractivity (Wildman–Crippen MR) is 112 cm³/mol. The first-order chi connectivity index (χ1) is 13.8. The summed E-state index contributed by atoms with van der Waals surface area (Å²) < 4.78 is 30.3. The van der Waals surface area contributed by atoms with Gasteiger partial charge in [0.2, 0.25) is 10.0 Å². The molecule has 1 aliphatic rings. The van der Waals surface area contributed by atoms with Crippen LogP contribution < -0.4 is 9.62 Å². The fourth-order valence-electron chi connectivity index (χ4n) is 3.27. The zero-order chi connectivity index (χ0) is 21.0. The summed E-state index contributed by atoms with van der Waals surface area (Å²) in [6.07, 6.45) is 3.43. The zero-order valence-electron chi connectivity index (χ0n) is 16.5. The van der Waals surface area contributed by atoms with Gasteiger partial charge < -0.3 is 10.1 Å². The molecule has 0 aliphatic carbocycles. The molecule has 0 aromatic heterocycles. The Balaban J connectivity index is 1.61. The third-order valence-corrected chi connectivity index (χ3v) is 5.95. The van der Waals surface area contributed by atoms with E-state index in [4.69, 9.17) is 4.74 Å². The van der Waals surface area contributed by atoms with Gasteiger partial charge in [-0.3, -0.25) is 9.10 Å². The Morgan fingerprint density at radius 2 is 1.86 bits per heavy atom. The smallest absolute Gasteiger partial charge is 0.338 e. The predicted octanol–water partition coefficient (Wildman–Crippen LogP) is 2.76. The lowest BCUT2D eigenvalue weighted by Gasteiger charge is -2.29. The summed E-state index contributed by atoms with van der Waals surface area (Å²) in [6, 6.07) is 12.2. The molecule has 1 heterocycles. The van der Waals surface area contributed by atoms with Gasteiger partial charge in [-0.15, -0.1) is 0 Å². The molecule has 3 rings (SSSR count). The highest BCUT2D eigenvalue weighted by atomic mass is 32.2. The minimum atomic E-state index is -3.36. The second kappa shape index (κ2) is 8.65. The molecule has 1 aliphatic heterocycles. The van der Waals surface area contributed by atoms with Crippen LogP contribution in [0.1, 0.15) is 34.8 Å². The van der Waals surface area contributed by atoms with Crippen molar-refractivity contribution in [3.8, 4) is 0 Å². The van der Waals surface area contributed by atoms with Gasteiger partial charge in [-0.05, 0) is 60.7 Å². The summed E-state index contributed by atoms with van der Waals surface area (Å²) >= 11 is 0. The lowest BCUT2D eigenvalue weighted by Crippen LogP contribution is -2.34. The van der Waals surface area contributed by atoms with E-state index < -0.39 is 28.5 Å². The number of fused-ring (bicyclic) bond motifs is 1. The summed E-state index contributed by atoms with van der Waals surface area (Å²) in [4.78, 5) is 24.3. The van der Waals surface area contributed by atoms with E-state index in [1.54, 1.807) is 24.3 Å². The lowest BCUT2D eigenvalue weighted by molar-refractivity contribution is -0.119. The van der Waals surface area contributed by atoms with E-state index in [-0.39, 0.29) is 0 Å². The van der Waals surface area contributed by atoms with Crippen molar-refractivity contribution in [3.05, 3.63) is 59.2 Å². The van der Waals surface area contributed by atoms with Crippen molar-refractivity contribution in [1.82, 2.24) is 0 Å². The third-order valence-electron chi connectivity index (χ3n) is 4.77. The van der Waals surface area contributed by atoms with Crippen LogP contribution in [0.25, 0.3) is 0 Å². The Labute approximate surface area is 170 Å². The van der Waals surface area contributed by atoms with Crippen LogP contribution in [0.3, 0.4) is 0 Å². The van der Waals surface area contributed by atoms with E-state index >= 15 is 0 Å². The van der Waals surface area contributed by atoms with E-state index in [2.05, 4.69) is 5.32 Å². The minimum absolute atomic E-state index is 0.291. The van der Waals surface area contributed by atoms with Gasteiger partial charge in [0.05, 0.1) is 17.5 Å². The van der Waals surface area contributed by atoms with Gasteiger partial charge in [0.15, 0.2) is 6.61 Å². The number of carbonyl (C=O) groups is 2. The molecule has 0 bridgehead atoms. The molecular weight excluding hydrogens is 392 g/mol. The number of anilines is 2. The van der Waals surface area contributed by atoms with Gasteiger partial charge in [0.1, 0.15) is 0 Å². The van der Waals surface area contributed by atoms with Gasteiger partial charge in [0, 0.05) is 12.2 Å². The molecule has 154 valence electrons. The van der Waals surface area contributed by atoms with Gasteiger partial charge in [-0.1, -0.05) is 19.1 Å². The SMILES string of the molecule is CCc1ccc(NC(=O)COC(=O)c2ccc3c(c2)CCCN3S(C)(=O)=O)cc1. The molecule has 29 heavy (non-hydrogen) atoms. The molecular formula is C21H24N2O5S. The first kappa shape index (κ1) is 20.9. The average Bonchev–Trinajstić information content (AvgIpc) is 2.71. The van der Waals surface area contributed by atoms with Crippen molar-refractivity contribution in [1.29, 1.82) is 0 Å². The highest BCUT2D eigenvalue weighted by molar-refractivity contribution is 7.92. The number of amides is 1. The molecule has 0 radical (unpaired) electrons. The molecule has 2 aromatic carbocycles. The first-order valence-electron chi connectivity index (χ1n) is 9.44. The topological polar surface area (TPSA) is 92.8 Å². The summed E-state index contributed by atoms with van der Waals surface area (Å²) in [5.41, 5.74) is 3.45. The van der Waals surface area contributed by atoms with Gasteiger partial charge in [0.25, 0.3) is 5.91 Å². The number of nitrogens with one attached hydrogen (secondary N) is 1. The quantitative estimate of drug-likeness (QED) is 0.731. The van der Waals surface area contributed by atoms with Crippen molar-refractivity contribution >= 4 is 33.3 Å². The van der Waals surface area contributed by atoms with E-state index in [0.717, 1.165) is 17.5 Å². The van der Waals surface area contributed by atoms with Crippen molar-refractivity contribution in [3.63, 3.8) is 0 Å². The Bertz CT molecular complexity index is 1020. The van der Waals surface area contributed by atoms with Crippen LogP contribution in [0.2, 0.25) is 0 Å². The maximum atomic E-state index is 12.3. The average molecular weight is 416 g/mol. The highest BCUT2D eigenvalue weighted by Crippen LogP contribution is 2.30. The van der Waals surface area contributed by atoms with Gasteiger partial charge >= 0.3 is 5.97 Å². The molecule has 0 atom stereocenters. The molecule has 0 unspecified atom stereocenters. The number of esters is 1. The van der Waals surface area contributed by atoms with Crippen LogP contribution >= 0.6 is 0 Å². The Kier molecular flexibility index (Phi) is 6.22. The van der Waals surface area contributed by atoms with Crippen LogP contribution in [0.4, 0.5) is 11.4 Å². The Hall–Kier alpha value is -2.87. The van der Waals surface area contributed by atoms with E-state index in [1.165, 1.54) is 16.6 Å². The van der Waals surface area contributed by atoms with Crippen LogP contribution in [0.15, 0.2) is 42.5 Å². The molecule has 0 fully saturated rings. The summed E-state index contributed by atoms with van der Waals surface area (Å²) in [5.74, 6) is -1.05.